The molecule has 0 saturated carbocycles. The molecule has 1 aromatic rings. The quantitative estimate of drug-likeness (QED) is 0.785. The lowest BCUT2D eigenvalue weighted by molar-refractivity contribution is -0.145. The van der Waals surface area contributed by atoms with Gasteiger partial charge in [0.05, 0.1) is 6.42 Å². The fourth-order valence-electron chi connectivity index (χ4n) is 3.64. The number of carbonyl (C=O) groups excluding carboxylic acids is 2. The van der Waals surface area contributed by atoms with E-state index in [4.69, 9.17) is 4.74 Å². The van der Waals surface area contributed by atoms with E-state index >= 15 is 0 Å². The zero-order valence-corrected chi connectivity index (χ0v) is 15.8. The van der Waals surface area contributed by atoms with Crippen LogP contribution in [0.2, 0.25) is 0 Å². The van der Waals surface area contributed by atoms with Crippen LogP contribution in [-0.4, -0.2) is 60.5 Å². The van der Waals surface area contributed by atoms with Crippen molar-refractivity contribution in [2.75, 3.05) is 32.8 Å². The largest absolute Gasteiger partial charge is 0.368 e. The fourth-order valence-corrected chi connectivity index (χ4v) is 3.64. The highest BCUT2D eigenvalue weighted by atomic mass is 16.5. The number of amides is 2. The average molecular weight is 358 g/mol. The van der Waals surface area contributed by atoms with E-state index in [0.29, 0.717) is 39.2 Å². The third-order valence-electron chi connectivity index (χ3n) is 5.35. The second-order valence-electron chi connectivity index (χ2n) is 7.30. The van der Waals surface area contributed by atoms with E-state index < -0.39 is 0 Å². The molecule has 142 valence electrons. The summed E-state index contributed by atoms with van der Waals surface area (Å²) in [6.45, 7) is 5.34. The third-order valence-corrected chi connectivity index (χ3v) is 5.35. The first-order chi connectivity index (χ1) is 12.7. The summed E-state index contributed by atoms with van der Waals surface area (Å²) >= 11 is 0. The van der Waals surface area contributed by atoms with Gasteiger partial charge in [-0.15, -0.1) is 0 Å². The van der Waals surface area contributed by atoms with Gasteiger partial charge in [0.15, 0.2) is 0 Å². The van der Waals surface area contributed by atoms with E-state index in [-0.39, 0.29) is 17.9 Å². The van der Waals surface area contributed by atoms with Crippen molar-refractivity contribution < 1.29 is 14.3 Å². The maximum absolute atomic E-state index is 12.6. The first-order valence-corrected chi connectivity index (χ1v) is 9.93. The molecule has 1 atom stereocenters. The lowest BCUT2D eigenvalue weighted by Crippen LogP contribution is -2.53. The van der Waals surface area contributed by atoms with E-state index in [1.165, 1.54) is 18.4 Å². The zero-order chi connectivity index (χ0) is 18.4. The number of unbranched alkanes of at least 4 members (excludes halogenated alkanes) is 1. The van der Waals surface area contributed by atoms with Crippen LogP contribution in [0.25, 0.3) is 0 Å². The summed E-state index contributed by atoms with van der Waals surface area (Å²) in [4.78, 5) is 28.7. The molecule has 5 nitrogen and oxygen atoms in total. The topological polar surface area (TPSA) is 49.9 Å². The van der Waals surface area contributed by atoms with Gasteiger partial charge in [0, 0.05) is 32.8 Å². The molecule has 0 radical (unpaired) electrons. The van der Waals surface area contributed by atoms with Crippen molar-refractivity contribution in [3.05, 3.63) is 35.4 Å². The van der Waals surface area contributed by atoms with Crippen LogP contribution in [0.1, 0.15) is 43.7 Å². The molecular formula is C21H30N2O3. The molecule has 2 aliphatic heterocycles. The van der Waals surface area contributed by atoms with Crippen LogP contribution < -0.4 is 0 Å². The molecule has 0 N–H and O–H groups in total. The Bertz CT molecular complexity index is 600. The van der Waals surface area contributed by atoms with Crippen molar-refractivity contribution in [2.45, 2.75) is 51.6 Å². The zero-order valence-electron chi connectivity index (χ0n) is 15.8. The minimum absolute atomic E-state index is 0.0947. The smallest absolute Gasteiger partial charge is 0.251 e. The molecule has 26 heavy (non-hydrogen) atoms. The van der Waals surface area contributed by atoms with Gasteiger partial charge in [0.25, 0.3) is 5.91 Å². The Labute approximate surface area is 156 Å². The van der Waals surface area contributed by atoms with Crippen molar-refractivity contribution in [3.8, 4) is 0 Å². The van der Waals surface area contributed by atoms with Gasteiger partial charge in [-0.1, -0.05) is 37.6 Å². The SMILES string of the molecule is CCCCc1ccc(CC(=O)N2CCN(C(=O)C3CCCO3)CC2)cc1. The summed E-state index contributed by atoms with van der Waals surface area (Å²) in [7, 11) is 0. The van der Waals surface area contributed by atoms with Gasteiger partial charge >= 0.3 is 0 Å². The van der Waals surface area contributed by atoms with Crippen LogP contribution in [0.4, 0.5) is 0 Å². The lowest BCUT2D eigenvalue weighted by atomic mass is 10.0. The van der Waals surface area contributed by atoms with Crippen LogP contribution in [0.3, 0.4) is 0 Å². The minimum Gasteiger partial charge on any atom is -0.368 e. The first kappa shape index (κ1) is 18.9. The van der Waals surface area contributed by atoms with Gasteiger partial charge in [-0.05, 0) is 36.8 Å². The molecule has 1 aromatic carbocycles. The van der Waals surface area contributed by atoms with E-state index in [2.05, 4.69) is 31.2 Å². The molecule has 1 unspecified atom stereocenters. The van der Waals surface area contributed by atoms with Crippen LogP contribution in [0.5, 0.6) is 0 Å². The molecule has 0 aromatic heterocycles. The first-order valence-electron chi connectivity index (χ1n) is 9.93. The second kappa shape index (κ2) is 9.17. The Balaban J connectivity index is 1.45. The van der Waals surface area contributed by atoms with Gasteiger partial charge < -0.3 is 14.5 Å². The number of ether oxygens (including phenoxy) is 1. The van der Waals surface area contributed by atoms with Crippen molar-refractivity contribution >= 4 is 11.8 Å². The van der Waals surface area contributed by atoms with Crippen LogP contribution in [-0.2, 0) is 27.2 Å². The standard InChI is InChI=1S/C21H30N2O3/c1-2-3-5-17-7-9-18(10-8-17)16-20(24)22-11-13-23(14-12-22)21(25)19-6-4-15-26-19/h7-10,19H,2-6,11-16H2,1H3. The summed E-state index contributed by atoms with van der Waals surface area (Å²) in [6.07, 6.45) is 5.47. The van der Waals surface area contributed by atoms with Crippen LogP contribution in [0.15, 0.2) is 24.3 Å². The molecule has 2 heterocycles. The summed E-state index contributed by atoms with van der Waals surface area (Å²) in [5.41, 5.74) is 2.40. The van der Waals surface area contributed by atoms with Crippen molar-refractivity contribution in [3.63, 3.8) is 0 Å². The van der Waals surface area contributed by atoms with E-state index in [1.807, 2.05) is 9.80 Å². The van der Waals surface area contributed by atoms with Crippen molar-refractivity contribution in [1.29, 1.82) is 0 Å². The Morgan fingerprint density at radius 3 is 2.31 bits per heavy atom. The van der Waals surface area contributed by atoms with Gasteiger partial charge in [-0.2, -0.15) is 0 Å². The number of nitrogens with zero attached hydrogens (tertiary/aromatic N) is 2. The van der Waals surface area contributed by atoms with Crippen LogP contribution >= 0.6 is 0 Å². The highest BCUT2D eigenvalue weighted by Crippen LogP contribution is 2.16. The summed E-state index contributed by atoms with van der Waals surface area (Å²) in [5.74, 6) is 0.243. The van der Waals surface area contributed by atoms with Crippen molar-refractivity contribution in [1.82, 2.24) is 9.80 Å². The lowest BCUT2D eigenvalue weighted by Gasteiger charge is -2.35. The van der Waals surface area contributed by atoms with Gasteiger partial charge in [-0.25, -0.2) is 0 Å². The number of piperazine rings is 1. The molecule has 3 rings (SSSR count). The van der Waals surface area contributed by atoms with Crippen LogP contribution in [0, 0.1) is 0 Å². The number of benzene rings is 1. The monoisotopic (exact) mass is 358 g/mol. The Morgan fingerprint density at radius 2 is 1.69 bits per heavy atom. The average Bonchev–Trinajstić information content (AvgIpc) is 3.22. The number of aryl methyl sites for hydroxylation is 1. The Morgan fingerprint density at radius 1 is 1.04 bits per heavy atom. The summed E-state index contributed by atoms with van der Waals surface area (Å²) in [6, 6.07) is 8.41. The maximum Gasteiger partial charge on any atom is 0.251 e. The molecule has 5 heteroatoms. The Kier molecular flexibility index (Phi) is 6.67. The van der Waals surface area contributed by atoms with Gasteiger partial charge in [0.1, 0.15) is 6.10 Å². The fraction of sp³-hybridized carbons (Fsp3) is 0.619. The predicted molar refractivity (Wildman–Crippen MR) is 101 cm³/mol. The molecular weight excluding hydrogens is 328 g/mol. The molecule has 2 saturated heterocycles. The van der Waals surface area contributed by atoms with Crippen molar-refractivity contribution in [2.24, 2.45) is 0 Å². The molecule has 2 fully saturated rings. The van der Waals surface area contributed by atoms with Gasteiger partial charge in [-0.3, -0.25) is 9.59 Å². The highest BCUT2D eigenvalue weighted by molar-refractivity contribution is 5.82. The molecule has 0 spiro atoms. The number of hydrogen-bond donors (Lipinski definition) is 0. The predicted octanol–water partition coefficient (Wildman–Crippen LogP) is 2.42. The van der Waals surface area contributed by atoms with Gasteiger partial charge in [0.2, 0.25) is 5.91 Å². The molecule has 0 aliphatic carbocycles. The van der Waals surface area contributed by atoms with E-state index in [9.17, 15) is 9.59 Å². The van der Waals surface area contributed by atoms with E-state index in [1.54, 1.807) is 0 Å². The highest BCUT2D eigenvalue weighted by Gasteiger charge is 2.31. The third kappa shape index (κ3) is 4.85. The summed E-state index contributed by atoms with van der Waals surface area (Å²) < 4.78 is 5.48. The Hall–Kier alpha value is -1.88. The minimum atomic E-state index is -0.261. The normalized spacial score (nSPS) is 20.4. The molecule has 2 amide bonds. The maximum atomic E-state index is 12.6. The molecule has 2 aliphatic rings. The summed E-state index contributed by atoms with van der Waals surface area (Å²) in [5, 5.41) is 0. The number of rotatable bonds is 6. The van der Waals surface area contributed by atoms with E-state index in [0.717, 1.165) is 24.8 Å². The number of carbonyl (C=O) groups is 2. The second-order valence-corrected chi connectivity index (χ2v) is 7.30. The number of hydrogen-bond acceptors (Lipinski definition) is 3. The molecule has 0 bridgehead atoms.